The predicted molar refractivity (Wildman–Crippen MR) is 116 cm³/mol. The summed E-state index contributed by atoms with van der Waals surface area (Å²) < 4.78 is 28.1. The van der Waals surface area contributed by atoms with Gasteiger partial charge in [-0.2, -0.15) is 0 Å². The molecule has 2 aliphatic heterocycles. The number of hydrogen-bond donors (Lipinski definition) is 0. The summed E-state index contributed by atoms with van der Waals surface area (Å²) in [6.07, 6.45) is 2.52. The molecule has 2 aromatic carbocycles. The molecule has 2 heterocycles. The molecule has 0 saturated carbocycles. The number of ether oxygens (including phenoxy) is 5. The Labute approximate surface area is 186 Å². The van der Waals surface area contributed by atoms with E-state index in [9.17, 15) is 4.79 Å². The van der Waals surface area contributed by atoms with Gasteiger partial charge in [0.1, 0.15) is 24.7 Å². The molecular formula is C23H24ClNO6. The van der Waals surface area contributed by atoms with Crippen LogP contribution in [-0.4, -0.2) is 38.6 Å². The second-order valence-electron chi connectivity index (χ2n) is 7.09. The standard InChI is InChI=1S/C23H24ClNO6/c1-2-27-23(26)10-8-19-12-25(15-30-19)17-4-6-18(7-5-17)28-13-20-14-29-21-9-3-16(24)11-22(21)31-20/h3-7,9,11-12,20H,2,8,10,13-15H2,1H3/t20-/m0/s1. The number of anilines is 1. The molecule has 0 unspecified atom stereocenters. The molecule has 0 bridgehead atoms. The maximum absolute atomic E-state index is 11.5. The number of benzene rings is 2. The van der Waals surface area contributed by atoms with Crippen LogP contribution < -0.4 is 19.1 Å². The van der Waals surface area contributed by atoms with Crippen LogP contribution in [0.15, 0.2) is 54.4 Å². The van der Waals surface area contributed by atoms with Gasteiger partial charge in [0.15, 0.2) is 24.3 Å². The van der Waals surface area contributed by atoms with Crippen molar-refractivity contribution in [3.8, 4) is 17.2 Å². The lowest BCUT2D eigenvalue weighted by Gasteiger charge is -2.26. The highest BCUT2D eigenvalue weighted by molar-refractivity contribution is 6.30. The van der Waals surface area contributed by atoms with Crippen LogP contribution in [0.5, 0.6) is 17.2 Å². The molecule has 7 nitrogen and oxygen atoms in total. The number of halogens is 1. The molecule has 8 heteroatoms. The summed E-state index contributed by atoms with van der Waals surface area (Å²) in [5.41, 5.74) is 0.972. The third kappa shape index (κ3) is 5.55. The molecule has 0 saturated heterocycles. The lowest BCUT2D eigenvalue weighted by molar-refractivity contribution is -0.143. The van der Waals surface area contributed by atoms with Crippen LogP contribution in [0.2, 0.25) is 5.02 Å². The Kier molecular flexibility index (Phi) is 6.72. The fraction of sp³-hybridized carbons (Fsp3) is 0.348. The largest absolute Gasteiger partial charge is 0.490 e. The van der Waals surface area contributed by atoms with Gasteiger partial charge in [-0.25, -0.2) is 0 Å². The Hall–Kier alpha value is -3.06. The number of rotatable bonds is 8. The molecule has 0 spiro atoms. The van der Waals surface area contributed by atoms with Crippen molar-refractivity contribution in [3.63, 3.8) is 0 Å². The van der Waals surface area contributed by atoms with Crippen molar-refractivity contribution in [1.82, 2.24) is 0 Å². The van der Waals surface area contributed by atoms with E-state index in [0.717, 1.165) is 17.2 Å². The first-order chi connectivity index (χ1) is 15.1. The van der Waals surface area contributed by atoms with Crippen LogP contribution in [0.3, 0.4) is 0 Å². The first kappa shape index (κ1) is 21.2. The Balaban J connectivity index is 1.27. The Morgan fingerprint density at radius 1 is 1.16 bits per heavy atom. The minimum atomic E-state index is -0.220. The Bertz CT molecular complexity index is 946. The molecule has 0 aliphatic carbocycles. The van der Waals surface area contributed by atoms with Crippen molar-refractivity contribution in [2.45, 2.75) is 25.9 Å². The van der Waals surface area contributed by atoms with E-state index in [4.69, 9.17) is 35.3 Å². The lowest BCUT2D eigenvalue weighted by Crippen LogP contribution is -2.34. The molecule has 0 radical (unpaired) electrons. The lowest BCUT2D eigenvalue weighted by atomic mass is 10.2. The number of nitrogens with zero attached hydrogens (tertiary/aromatic N) is 1. The second kappa shape index (κ2) is 9.83. The van der Waals surface area contributed by atoms with Crippen LogP contribution >= 0.6 is 11.6 Å². The smallest absolute Gasteiger partial charge is 0.306 e. The summed E-state index contributed by atoms with van der Waals surface area (Å²) in [5.74, 6) is 2.60. The quantitative estimate of drug-likeness (QED) is 0.552. The minimum absolute atomic E-state index is 0.217. The summed E-state index contributed by atoms with van der Waals surface area (Å²) >= 11 is 6.01. The fourth-order valence-corrected chi connectivity index (χ4v) is 3.40. The summed E-state index contributed by atoms with van der Waals surface area (Å²) in [7, 11) is 0. The van der Waals surface area contributed by atoms with E-state index < -0.39 is 0 Å². The minimum Gasteiger partial charge on any atom is -0.490 e. The van der Waals surface area contributed by atoms with Gasteiger partial charge in [-0.3, -0.25) is 4.79 Å². The van der Waals surface area contributed by atoms with Gasteiger partial charge in [-0.05, 0) is 43.3 Å². The fourth-order valence-electron chi connectivity index (χ4n) is 3.24. The zero-order chi connectivity index (χ0) is 21.6. The molecule has 2 aliphatic rings. The van der Waals surface area contributed by atoms with Crippen molar-refractivity contribution >= 4 is 23.3 Å². The third-order valence-electron chi connectivity index (χ3n) is 4.80. The topological polar surface area (TPSA) is 66.5 Å². The van der Waals surface area contributed by atoms with Crippen molar-refractivity contribution < 1.29 is 28.5 Å². The van der Waals surface area contributed by atoms with E-state index in [2.05, 4.69) is 0 Å². The van der Waals surface area contributed by atoms with Gasteiger partial charge in [-0.15, -0.1) is 0 Å². The van der Waals surface area contributed by atoms with E-state index in [-0.39, 0.29) is 12.1 Å². The highest BCUT2D eigenvalue weighted by Crippen LogP contribution is 2.34. The molecule has 0 fully saturated rings. The monoisotopic (exact) mass is 445 g/mol. The number of carbonyl (C=O) groups excluding carboxylic acids is 1. The van der Waals surface area contributed by atoms with Crippen LogP contribution in [0.4, 0.5) is 5.69 Å². The first-order valence-corrected chi connectivity index (χ1v) is 10.6. The van der Waals surface area contributed by atoms with Gasteiger partial charge in [0, 0.05) is 29.4 Å². The SMILES string of the molecule is CCOC(=O)CCC1=CN(c2ccc(OC[C@H]3COc4ccc(Cl)cc4O3)cc2)CO1. The first-order valence-electron chi connectivity index (χ1n) is 10.2. The second-order valence-corrected chi connectivity index (χ2v) is 7.53. The summed E-state index contributed by atoms with van der Waals surface area (Å²) in [5, 5.41) is 0.600. The highest BCUT2D eigenvalue weighted by atomic mass is 35.5. The van der Waals surface area contributed by atoms with Crippen LogP contribution in [0.1, 0.15) is 19.8 Å². The van der Waals surface area contributed by atoms with Crippen molar-refractivity contribution in [2.24, 2.45) is 0 Å². The molecule has 31 heavy (non-hydrogen) atoms. The van der Waals surface area contributed by atoms with Gasteiger partial charge in [0.2, 0.25) is 0 Å². The Morgan fingerprint density at radius 3 is 2.81 bits per heavy atom. The summed E-state index contributed by atoms with van der Waals surface area (Å²) in [6, 6.07) is 13.0. The summed E-state index contributed by atoms with van der Waals surface area (Å²) in [6.45, 7) is 3.37. The molecule has 164 valence electrons. The van der Waals surface area contributed by atoms with Gasteiger partial charge in [0.05, 0.1) is 13.0 Å². The zero-order valence-corrected chi connectivity index (χ0v) is 18.0. The number of allylic oxidation sites excluding steroid dienone is 1. The number of esters is 1. The number of hydrogen-bond acceptors (Lipinski definition) is 7. The average molecular weight is 446 g/mol. The van der Waals surface area contributed by atoms with E-state index >= 15 is 0 Å². The Morgan fingerprint density at radius 2 is 2.00 bits per heavy atom. The van der Waals surface area contributed by atoms with E-state index in [1.165, 1.54) is 0 Å². The molecule has 0 aromatic heterocycles. The maximum Gasteiger partial charge on any atom is 0.306 e. The molecule has 0 N–H and O–H groups in total. The molecular weight excluding hydrogens is 422 g/mol. The van der Waals surface area contributed by atoms with E-state index in [0.29, 0.717) is 55.9 Å². The van der Waals surface area contributed by atoms with E-state index in [1.54, 1.807) is 25.1 Å². The van der Waals surface area contributed by atoms with Crippen LogP contribution in [-0.2, 0) is 14.3 Å². The molecule has 2 aromatic rings. The number of carbonyl (C=O) groups is 1. The normalized spacial score (nSPS) is 17.0. The average Bonchev–Trinajstić information content (AvgIpc) is 3.25. The summed E-state index contributed by atoms with van der Waals surface area (Å²) in [4.78, 5) is 13.5. The van der Waals surface area contributed by atoms with Gasteiger partial charge in [-0.1, -0.05) is 11.6 Å². The third-order valence-corrected chi connectivity index (χ3v) is 5.03. The van der Waals surface area contributed by atoms with Gasteiger partial charge in [0.25, 0.3) is 0 Å². The van der Waals surface area contributed by atoms with Crippen molar-refractivity contribution in [2.75, 3.05) is 31.5 Å². The van der Waals surface area contributed by atoms with Crippen molar-refractivity contribution in [1.29, 1.82) is 0 Å². The van der Waals surface area contributed by atoms with Gasteiger partial charge < -0.3 is 28.6 Å². The van der Waals surface area contributed by atoms with Crippen molar-refractivity contribution in [3.05, 3.63) is 59.4 Å². The molecule has 0 amide bonds. The van der Waals surface area contributed by atoms with Gasteiger partial charge >= 0.3 is 5.97 Å². The van der Waals surface area contributed by atoms with Crippen LogP contribution in [0, 0.1) is 0 Å². The molecule has 4 rings (SSSR count). The maximum atomic E-state index is 11.5. The zero-order valence-electron chi connectivity index (χ0n) is 17.2. The van der Waals surface area contributed by atoms with E-state index in [1.807, 2.05) is 35.4 Å². The predicted octanol–water partition coefficient (Wildman–Crippen LogP) is 4.54. The highest BCUT2D eigenvalue weighted by Gasteiger charge is 2.22. The number of fused-ring (bicyclic) bond motifs is 1. The van der Waals surface area contributed by atoms with Crippen LogP contribution in [0.25, 0.3) is 0 Å². The molecule has 1 atom stereocenters.